The third-order valence-electron chi connectivity index (χ3n) is 3.68. The van der Waals surface area contributed by atoms with Crippen molar-refractivity contribution in [2.45, 2.75) is 6.92 Å². The lowest BCUT2D eigenvalue weighted by Gasteiger charge is -2.19. The van der Waals surface area contributed by atoms with Crippen molar-refractivity contribution in [3.63, 3.8) is 0 Å². The molecule has 0 unspecified atom stereocenters. The monoisotopic (exact) mass is 273 g/mol. The summed E-state index contributed by atoms with van der Waals surface area (Å²) in [4.78, 5) is 4.68. The Labute approximate surface area is 123 Å². The van der Waals surface area contributed by atoms with Crippen LogP contribution in [0.4, 0.5) is 17.1 Å². The predicted molar refractivity (Wildman–Crippen MR) is 89.5 cm³/mol. The Morgan fingerprint density at radius 3 is 2.48 bits per heavy atom. The van der Waals surface area contributed by atoms with E-state index in [2.05, 4.69) is 71.1 Å². The van der Waals surface area contributed by atoms with E-state index in [-0.39, 0.29) is 0 Å². The number of aryl methyl sites for hydroxylation is 1. The van der Waals surface area contributed by atoms with Crippen molar-refractivity contribution in [1.29, 1.82) is 0 Å². The standard InChI is InChI=1S/C18H15N3/c1-12-8-10-14(11-9-12)19-18-20-15-6-2-4-13-5-3-7-16(21-18)17(13)15/h2-11H,1H3,(H2,19,20,21). The minimum Gasteiger partial charge on any atom is -0.326 e. The van der Waals surface area contributed by atoms with Crippen molar-refractivity contribution < 1.29 is 0 Å². The number of guanidine groups is 1. The summed E-state index contributed by atoms with van der Waals surface area (Å²) in [5.41, 5.74) is 4.36. The molecule has 0 saturated heterocycles. The fraction of sp³-hybridized carbons (Fsp3) is 0.0556. The Bertz CT molecular complexity index is 843. The number of anilines is 2. The van der Waals surface area contributed by atoms with E-state index in [4.69, 9.17) is 0 Å². The fourth-order valence-corrected chi connectivity index (χ4v) is 2.63. The second-order valence-corrected chi connectivity index (χ2v) is 5.26. The second-order valence-electron chi connectivity index (χ2n) is 5.26. The van der Waals surface area contributed by atoms with E-state index in [1.165, 1.54) is 16.3 Å². The Balaban J connectivity index is 1.74. The first kappa shape index (κ1) is 12.0. The van der Waals surface area contributed by atoms with Gasteiger partial charge in [0.1, 0.15) is 0 Å². The molecule has 1 aliphatic rings. The molecule has 4 rings (SSSR count). The Morgan fingerprint density at radius 1 is 0.905 bits per heavy atom. The summed E-state index contributed by atoms with van der Waals surface area (Å²) >= 11 is 0. The third kappa shape index (κ3) is 2.13. The van der Waals surface area contributed by atoms with Gasteiger partial charge in [0.2, 0.25) is 5.96 Å². The summed E-state index contributed by atoms with van der Waals surface area (Å²) in [7, 11) is 0. The fourth-order valence-electron chi connectivity index (χ4n) is 2.63. The highest BCUT2D eigenvalue weighted by atomic mass is 15.2. The maximum absolute atomic E-state index is 4.68. The van der Waals surface area contributed by atoms with Crippen LogP contribution in [0.25, 0.3) is 10.8 Å². The summed E-state index contributed by atoms with van der Waals surface area (Å²) in [6.45, 7) is 2.08. The molecule has 3 aromatic rings. The van der Waals surface area contributed by atoms with Crippen LogP contribution >= 0.6 is 0 Å². The van der Waals surface area contributed by atoms with Gasteiger partial charge in [0.25, 0.3) is 0 Å². The molecule has 0 aliphatic carbocycles. The van der Waals surface area contributed by atoms with Gasteiger partial charge in [0.15, 0.2) is 0 Å². The average Bonchev–Trinajstić information content (AvgIpc) is 2.50. The van der Waals surface area contributed by atoms with E-state index in [9.17, 15) is 0 Å². The van der Waals surface area contributed by atoms with Gasteiger partial charge in [0.05, 0.1) is 11.4 Å². The van der Waals surface area contributed by atoms with Crippen LogP contribution in [0.15, 0.2) is 65.7 Å². The van der Waals surface area contributed by atoms with E-state index < -0.39 is 0 Å². The zero-order chi connectivity index (χ0) is 14.2. The molecule has 0 aromatic heterocycles. The van der Waals surface area contributed by atoms with Gasteiger partial charge in [0, 0.05) is 11.1 Å². The number of hydrogen-bond donors (Lipinski definition) is 2. The topological polar surface area (TPSA) is 36.4 Å². The van der Waals surface area contributed by atoms with E-state index in [0.29, 0.717) is 0 Å². The lowest BCUT2D eigenvalue weighted by Crippen LogP contribution is -2.23. The molecule has 1 heterocycles. The van der Waals surface area contributed by atoms with Gasteiger partial charge in [-0.15, -0.1) is 0 Å². The Hall–Kier alpha value is -2.81. The maximum Gasteiger partial charge on any atom is 0.205 e. The molecule has 1 aliphatic heterocycles. The molecule has 3 heteroatoms. The van der Waals surface area contributed by atoms with Crippen LogP contribution in [0.3, 0.4) is 0 Å². The SMILES string of the molecule is Cc1ccc(NC2=Nc3cccc4cccc(c34)N2)cc1. The first-order chi connectivity index (χ1) is 10.3. The normalized spacial score (nSPS) is 12.7. The smallest absolute Gasteiger partial charge is 0.205 e. The van der Waals surface area contributed by atoms with Gasteiger partial charge >= 0.3 is 0 Å². The first-order valence-corrected chi connectivity index (χ1v) is 7.01. The number of benzene rings is 3. The minimum absolute atomic E-state index is 0.755. The molecular formula is C18H15N3. The minimum atomic E-state index is 0.755. The molecule has 21 heavy (non-hydrogen) atoms. The van der Waals surface area contributed by atoms with Crippen molar-refractivity contribution >= 4 is 33.8 Å². The molecule has 3 nitrogen and oxygen atoms in total. The zero-order valence-corrected chi connectivity index (χ0v) is 11.7. The molecule has 2 N–H and O–H groups in total. The van der Waals surface area contributed by atoms with Crippen molar-refractivity contribution in [2.24, 2.45) is 4.99 Å². The predicted octanol–water partition coefficient (Wildman–Crippen LogP) is 4.67. The summed E-state index contributed by atoms with van der Waals surface area (Å²) < 4.78 is 0. The average molecular weight is 273 g/mol. The first-order valence-electron chi connectivity index (χ1n) is 7.01. The number of nitrogens with zero attached hydrogens (tertiary/aromatic N) is 1. The van der Waals surface area contributed by atoms with Crippen molar-refractivity contribution in [2.75, 3.05) is 10.6 Å². The van der Waals surface area contributed by atoms with Crippen molar-refractivity contribution in [3.8, 4) is 0 Å². The maximum atomic E-state index is 4.68. The molecule has 102 valence electrons. The third-order valence-corrected chi connectivity index (χ3v) is 3.68. The van der Waals surface area contributed by atoms with Gasteiger partial charge in [-0.25, -0.2) is 4.99 Å². The molecule has 0 amide bonds. The molecule has 3 aromatic carbocycles. The van der Waals surface area contributed by atoms with Gasteiger partial charge in [-0.3, -0.25) is 0 Å². The number of nitrogens with one attached hydrogen (secondary N) is 2. The molecule has 0 bridgehead atoms. The molecule has 0 spiro atoms. The van der Waals surface area contributed by atoms with Gasteiger partial charge < -0.3 is 10.6 Å². The lowest BCUT2D eigenvalue weighted by atomic mass is 10.1. The van der Waals surface area contributed by atoms with Gasteiger partial charge in [-0.1, -0.05) is 42.0 Å². The molecule has 0 saturated carbocycles. The largest absolute Gasteiger partial charge is 0.326 e. The molecule has 0 fully saturated rings. The lowest BCUT2D eigenvalue weighted by molar-refractivity contribution is 1.43. The van der Waals surface area contributed by atoms with Crippen molar-refractivity contribution in [1.82, 2.24) is 0 Å². The summed E-state index contributed by atoms with van der Waals surface area (Å²) in [5, 5.41) is 9.07. The molecular weight excluding hydrogens is 258 g/mol. The van der Waals surface area contributed by atoms with E-state index in [1.807, 2.05) is 12.1 Å². The number of hydrogen-bond acceptors (Lipinski definition) is 3. The van der Waals surface area contributed by atoms with E-state index >= 15 is 0 Å². The van der Waals surface area contributed by atoms with Gasteiger partial charge in [-0.05, 0) is 36.6 Å². The van der Waals surface area contributed by atoms with Crippen LogP contribution in [-0.4, -0.2) is 5.96 Å². The van der Waals surface area contributed by atoms with Crippen LogP contribution in [0.2, 0.25) is 0 Å². The second kappa shape index (κ2) is 4.63. The molecule has 0 atom stereocenters. The van der Waals surface area contributed by atoms with Crippen LogP contribution in [0.1, 0.15) is 5.56 Å². The highest BCUT2D eigenvalue weighted by Gasteiger charge is 2.13. The van der Waals surface area contributed by atoms with Crippen LogP contribution < -0.4 is 10.6 Å². The summed E-state index contributed by atoms with van der Waals surface area (Å²) in [5.74, 6) is 0.755. The number of rotatable bonds is 1. The van der Waals surface area contributed by atoms with Crippen LogP contribution in [0, 0.1) is 6.92 Å². The zero-order valence-electron chi connectivity index (χ0n) is 11.7. The molecule has 0 radical (unpaired) electrons. The van der Waals surface area contributed by atoms with E-state index in [1.54, 1.807) is 0 Å². The van der Waals surface area contributed by atoms with Crippen molar-refractivity contribution in [3.05, 3.63) is 66.2 Å². The Morgan fingerprint density at radius 2 is 1.67 bits per heavy atom. The highest BCUT2D eigenvalue weighted by molar-refractivity contribution is 6.16. The van der Waals surface area contributed by atoms with Crippen LogP contribution in [-0.2, 0) is 0 Å². The van der Waals surface area contributed by atoms with Crippen LogP contribution in [0.5, 0.6) is 0 Å². The Kier molecular flexibility index (Phi) is 2.64. The van der Waals surface area contributed by atoms with Gasteiger partial charge in [-0.2, -0.15) is 0 Å². The quantitative estimate of drug-likeness (QED) is 0.675. The van der Waals surface area contributed by atoms with E-state index in [0.717, 1.165) is 23.0 Å². The number of aliphatic imine (C=N–C) groups is 1. The summed E-state index contributed by atoms with van der Waals surface area (Å²) in [6, 6.07) is 20.7. The summed E-state index contributed by atoms with van der Waals surface area (Å²) in [6.07, 6.45) is 0. The highest BCUT2D eigenvalue weighted by Crippen LogP contribution is 2.35.